The van der Waals surface area contributed by atoms with E-state index in [1.165, 1.54) is 7.11 Å². The van der Waals surface area contributed by atoms with Gasteiger partial charge in [-0.3, -0.25) is 10.1 Å². The van der Waals surface area contributed by atoms with Crippen LogP contribution in [0.1, 0.15) is 18.4 Å². The summed E-state index contributed by atoms with van der Waals surface area (Å²) in [5, 5.41) is 2.49. The summed E-state index contributed by atoms with van der Waals surface area (Å²) in [7, 11) is 1.52. The van der Waals surface area contributed by atoms with E-state index in [0.29, 0.717) is 44.2 Å². The number of anilines is 2. The zero-order chi connectivity index (χ0) is 19.7. The van der Waals surface area contributed by atoms with E-state index in [1.54, 1.807) is 11.0 Å². The fraction of sp³-hybridized carbons (Fsp3) is 0.368. The van der Waals surface area contributed by atoms with Crippen LogP contribution in [0, 0.1) is 0 Å². The topological polar surface area (TPSA) is 114 Å². The third-order valence-electron chi connectivity index (χ3n) is 5.42. The molecular formula is C19H22N6O3. The number of aromatic nitrogens is 2. The van der Waals surface area contributed by atoms with E-state index < -0.39 is 5.54 Å². The van der Waals surface area contributed by atoms with Crippen LogP contribution in [0.15, 0.2) is 36.4 Å². The first-order chi connectivity index (χ1) is 13.5. The van der Waals surface area contributed by atoms with Crippen LogP contribution in [0.3, 0.4) is 0 Å². The summed E-state index contributed by atoms with van der Waals surface area (Å²) in [6.45, 7) is 1.52. The van der Waals surface area contributed by atoms with Crippen LogP contribution >= 0.6 is 0 Å². The molecule has 2 aromatic rings. The van der Waals surface area contributed by atoms with Crippen molar-refractivity contribution in [2.75, 3.05) is 30.8 Å². The molecule has 3 N–H and O–H groups in total. The number of nitrogens with one attached hydrogen (secondary N) is 1. The van der Waals surface area contributed by atoms with Crippen LogP contribution in [-0.4, -0.2) is 52.5 Å². The van der Waals surface area contributed by atoms with Crippen molar-refractivity contribution in [3.8, 4) is 5.88 Å². The number of piperidine rings is 1. The summed E-state index contributed by atoms with van der Waals surface area (Å²) in [6, 6.07) is 11.1. The normalized spacial score (nSPS) is 18.5. The molecule has 146 valence electrons. The fourth-order valence-corrected chi connectivity index (χ4v) is 3.89. The molecule has 9 nitrogen and oxygen atoms in total. The summed E-state index contributed by atoms with van der Waals surface area (Å²) >= 11 is 0. The van der Waals surface area contributed by atoms with Gasteiger partial charge in [-0.15, -0.1) is 0 Å². The third kappa shape index (κ3) is 3.08. The molecule has 0 saturated carbocycles. The van der Waals surface area contributed by atoms with E-state index in [-0.39, 0.29) is 17.9 Å². The van der Waals surface area contributed by atoms with Gasteiger partial charge in [-0.25, -0.2) is 4.79 Å². The first kappa shape index (κ1) is 18.0. The number of carbonyl (C=O) groups is 2. The van der Waals surface area contributed by atoms with Crippen molar-refractivity contribution in [3.63, 3.8) is 0 Å². The van der Waals surface area contributed by atoms with E-state index in [0.717, 1.165) is 5.56 Å². The van der Waals surface area contributed by atoms with Gasteiger partial charge < -0.3 is 20.3 Å². The lowest BCUT2D eigenvalue weighted by Gasteiger charge is -2.42. The van der Waals surface area contributed by atoms with Gasteiger partial charge in [0, 0.05) is 25.7 Å². The summed E-state index contributed by atoms with van der Waals surface area (Å²) < 4.78 is 5.16. The molecule has 0 aliphatic carbocycles. The third-order valence-corrected chi connectivity index (χ3v) is 5.42. The van der Waals surface area contributed by atoms with E-state index in [4.69, 9.17) is 10.5 Å². The standard InChI is InChI=1S/C19H22N6O3/c1-28-15-11-14(21-17(20)22-15)24-9-7-19(8-10-24)16(26)23-18(27)25(19)12-13-5-3-2-4-6-13/h2-6,11H,7-10,12H2,1H3,(H2,20,21,22)(H,23,26,27). The largest absolute Gasteiger partial charge is 0.481 e. The molecule has 1 aromatic heterocycles. The molecule has 2 aliphatic rings. The van der Waals surface area contributed by atoms with Crippen molar-refractivity contribution in [3.05, 3.63) is 42.0 Å². The molecular weight excluding hydrogens is 360 g/mol. The number of amides is 3. The van der Waals surface area contributed by atoms with Gasteiger partial charge in [0.15, 0.2) is 0 Å². The number of ether oxygens (including phenoxy) is 1. The smallest absolute Gasteiger partial charge is 0.325 e. The van der Waals surface area contributed by atoms with Crippen molar-refractivity contribution in [1.82, 2.24) is 20.2 Å². The van der Waals surface area contributed by atoms with Crippen molar-refractivity contribution in [2.24, 2.45) is 0 Å². The Morgan fingerprint density at radius 3 is 2.57 bits per heavy atom. The monoisotopic (exact) mass is 382 g/mol. The van der Waals surface area contributed by atoms with Gasteiger partial charge >= 0.3 is 6.03 Å². The van der Waals surface area contributed by atoms with Crippen molar-refractivity contribution in [2.45, 2.75) is 24.9 Å². The number of nitrogens with two attached hydrogens (primary N) is 1. The van der Waals surface area contributed by atoms with Crippen LogP contribution < -0.4 is 20.7 Å². The quantitative estimate of drug-likeness (QED) is 0.763. The summed E-state index contributed by atoms with van der Waals surface area (Å²) in [5.74, 6) is 0.947. The fourth-order valence-electron chi connectivity index (χ4n) is 3.89. The molecule has 2 saturated heterocycles. The number of methoxy groups -OCH3 is 1. The number of rotatable bonds is 4. The van der Waals surface area contributed by atoms with Gasteiger partial charge in [-0.05, 0) is 18.4 Å². The Hall–Kier alpha value is -3.36. The minimum atomic E-state index is -0.841. The summed E-state index contributed by atoms with van der Waals surface area (Å²) in [6.07, 6.45) is 1.01. The predicted octanol–water partition coefficient (Wildman–Crippen LogP) is 1.16. The van der Waals surface area contributed by atoms with Gasteiger partial charge in [0.25, 0.3) is 5.91 Å². The Morgan fingerprint density at radius 2 is 1.89 bits per heavy atom. The highest BCUT2D eigenvalue weighted by atomic mass is 16.5. The molecule has 3 amide bonds. The maximum atomic E-state index is 12.7. The van der Waals surface area contributed by atoms with Gasteiger partial charge in [0.05, 0.1) is 7.11 Å². The number of urea groups is 1. The molecule has 4 rings (SSSR count). The lowest BCUT2D eigenvalue weighted by atomic mass is 9.85. The van der Waals surface area contributed by atoms with Gasteiger partial charge in [0.1, 0.15) is 11.4 Å². The highest BCUT2D eigenvalue weighted by Crippen LogP contribution is 2.36. The number of carbonyl (C=O) groups excluding carboxylic acids is 2. The lowest BCUT2D eigenvalue weighted by molar-refractivity contribution is -0.127. The molecule has 2 fully saturated rings. The molecule has 3 heterocycles. The van der Waals surface area contributed by atoms with Gasteiger partial charge in [-0.1, -0.05) is 30.3 Å². The van der Waals surface area contributed by atoms with Crippen LogP contribution in [0.25, 0.3) is 0 Å². The summed E-state index contributed by atoms with van der Waals surface area (Å²) in [5.41, 5.74) is 5.91. The van der Waals surface area contributed by atoms with Gasteiger partial charge in [0.2, 0.25) is 11.8 Å². The van der Waals surface area contributed by atoms with Crippen molar-refractivity contribution in [1.29, 1.82) is 0 Å². The molecule has 28 heavy (non-hydrogen) atoms. The van der Waals surface area contributed by atoms with Crippen molar-refractivity contribution >= 4 is 23.7 Å². The number of benzene rings is 1. The zero-order valence-electron chi connectivity index (χ0n) is 15.6. The first-order valence-corrected chi connectivity index (χ1v) is 9.12. The zero-order valence-corrected chi connectivity index (χ0v) is 15.6. The minimum Gasteiger partial charge on any atom is -0.481 e. The van der Waals surface area contributed by atoms with Crippen LogP contribution in [0.2, 0.25) is 0 Å². The number of nitrogen functional groups attached to an aromatic ring is 1. The number of hydrogen-bond donors (Lipinski definition) is 2. The second kappa shape index (κ2) is 6.99. The van der Waals surface area contributed by atoms with E-state index in [1.807, 2.05) is 35.2 Å². The van der Waals surface area contributed by atoms with Crippen molar-refractivity contribution < 1.29 is 14.3 Å². The van der Waals surface area contributed by atoms with E-state index in [2.05, 4.69) is 15.3 Å². The SMILES string of the molecule is COc1cc(N2CCC3(CC2)C(=O)NC(=O)N3Cc2ccccc2)nc(N)n1. The number of imide groups is 1. The van der Waals surface area contributed by atoms with Crippen LogP contribution in [0.5, 0.6) is 5.88 Å². The Labute approximate surface area is 162 Å². The highest BCUT2D eigenvalue weighted by Gasteiger charge is 2.54. The van der Waals surface area contributed by atoms with Crippen LogP contribution in [-0.2, 0) is 11.3 Å². The van der Waals surface area contributed by atoms with Crippen LogP contribution in [0.4, 0.5) is 16.6 Å². The molecule has 1 aromatic carbocycles. The Bertz CT molecular complexity index is 896. The average molecular weight is 382 g/mol. The Kier molecular flexibility index (Phi) is 4.50. The average Bonchev–Trinajstić information content (AvgIpc) is 2.93. The maximum Gasteiger partial charge on any atom is 0.325 e. The molecule has 2 aliphatic heterocycles. The second-order valence-corrected chi connectivity index (χ2v) is 6.98. The van der Waals surface area contributed by atoms with E-state index >= 15 is 0 Å². The molecule has 9 heteroatoms. The van der Waals surface area contributed by atoms with E-state index in [9.17, 15) is 9.59 Å². The highest BCUT2D eigenvalue weighted by molar-refractivity contribution is 6.07. The Morgan fingerprint density at radius 1 is 1.18 bits per heavy atom. The minimum absolute atomic E-state index is 0.133. The molecule has 0 radical (unpaired) electrons. The second-order valence-electron chi connectivity index (χ2n) is 6.98. The van der Waals surface area contributed by atoms with Gasteiger partial charge in [-0.2, -0.15) is 9.97 Å². The lowest BCUT2D eigenvalue weighted by Crippen LogP contribution is -2.56. The maximum absolute atomic E-state index is 12.7. The first-order valence-electron chi connectivity index (χ1n) is 9.12. The molecule has 0 bridgehead atoms. The molecule has 0 unspecified atom stereocenters. The predicted molar refractivity (Wildman–Crippen MR) is 103 cm³/mol. The molecule has 0 atom stereocenters. The number of hydrogen-bond acceptors (Lipinski definition) is 7. The Balaban J connectivity index is 1.55. The molecule has 1 spiro atoms. The number of nitrogens with zero attached hydrogens (tertiary/aromatic N) is 4. The summed E-state index contributed by atoms with van der Waals surface area (Å²) in [4.78, 5) is 37.1.